The van der Waals surface area contributed by atoms with Crippen molar-refractivity contribution < 1.29 is 9.15 Å². The molecular formula is C19H20N2O2. The van der Waals surface area contributed by atoms with Gasteiger partial charge in [-0.2, -0.15) is 0 Å². The summed E-state index contributed by atoms with van der Waals surface area (Å²) in [4.78, 5) is 4.53. The monoisotopic (exact) mass is 308 g/mol. The van der Waals surface area contributed by atoms with Crippen LogP contribution in [0.15, 0.2) is 59.0 Å². The molecule has 3 rings (SSSR count). The highest BCUT2D eigenvalue weighted by Gasteiger charge is 2.11. The molecule has 0 bridgehead atoms. The Hall–Kier alpha value is -2.59. The highest BCUT2D eigenvalue weighted by Crippen LogP contribution is 2.23. The molecule has 0 spiro atoms. The molecule has 4 heteroatoms. The summed E-state index contributed by atoms with van der Waals surface area (Å²) in [5, 5.41) is 0. The number of nitrogens with zero attached hydrogens (tertiary/aromatic N) is 1. The predicted octanol–water partition coefficient (Wildman–Crippen LogP) is 4.25. The number of benzene rings is 2. The molecule has 0 saturated carbocycles. The number of aromatic nitrogens is 1. The third-order valence-electron chi connectivity index (χ3n) is 3.69. The molecule has 1 heterocycles. The van der Waals surface area contributed by atoms with Crippen LogP contribution in [0, 0.1) is 6.92 Å². The predicted molar refractivity (Wildman–Crippen MR) is 90.1 cm³/mol. The van der Waals surface area contributed by atoms with Crippen molar-refractivity contribution in [3.05, 3.63) is 71.6 Å². The van der Waals surface area contributed by atoms with Gasteiger partial charge in [-0.15, -0.1) is 0 Å². The Morgan fingerprint density at radius 2 is 1.78 bits per heavy atom. The molecule has 0 saturated heterocycles. The molecule has 0 aliphatic rings. The Labute approximate surface area is 135 Å². The summed E-state index contributed by atoms with van der Waals surface area (Å²) in [6, 6.07) is 17.7. The third kappa shape index (κ3) is 3.60. The molecule has 0 aliphatic heterocycles. The Morgan fingerprint density at radius 1 is 1.09 bits per heavy atom. The maximum Gasteiger partial charge on any atom is 0.226 e. The van der Waals surface area contributed by atoms with E-state index in [1.165, 1.54) is 0 Å². The van der Waals surface area contributed by atoms with Gasteiger partial charge in [0.2, 0.25) is 5.89 Å². The lowest BCUT2D eigenvalue weighted by atomic mass is 10.1. The fraction of sp³-hybridized carbons (Fsp3) is 0.211. The van der Waals surface area contributed by atoms with E-state index in [1.807, 2.05) is 68.4 Å². The van der Waals surface area contributed by atoms with Crippen LogP contribution in [0.3, 0.4) is 0 Å². The fourth-order valence-electron chi connectivity index (χ4n) is 2.29. The highest BCUT2D eigenvalue weighted by atomic mass is 16.5. The minimum Gasteiger partial charge on any atom is -0.487 e. The number of nitrogens with two attached hydrogens (primary N) is 1. The molecule has 118 valence electrons. The van der Waals surface area contributed by atoms with E-state index >= 15 is 0 Å². The molecule has 0 aliphatic carbocycles. The van der Waals surface area contributed by atoms with Crippen molar-refractivity contribution in [3.8, 4) is 17.2 Å². The molecule has 3 aromatic rings. The maximum atomic E-state index is 5.84. The van der Waals surface area contributed by atoms with Gasteiger partial charge in [0, 0.05) is 11.6 Å². The van der Waals surface area contributed by atoms with Crippen LogP contribution in [0.5, 0.6) is 5.75 Å². The van der Waals surface area contributed by atoms with Gasteiger partial charge in [-0.05, 0) is 43.7 Å². The molecule has 0 fully saturated rings. The summed E-state index contributed by atoms with van der Waals surface area (Å²) in [5.74, 6) is 2.18. The van der Waals surface area contributed by atoms with Crippen LogP contribution in [-0.4, -0.2) is 4.98 Å². The first-order chi connectivity index (χ1) is 11.1. The van der Waals surface area contributed by atoms with Gasteiger partial charge in [-0.25, -0.2) is 4.98 Å². The van der Waals surface area contributed by atoms with E-state index in [1.54, 1.807) is 0 Å². The molecule has 23 heavy (non-hydrogen) atoms. The van der Waals surface area contributed by atoms with E-state index in [2.05, 4.69) is 4.98 Å². The van der Waals surface area contributed by atoms with Crippen LogP contribution in [-0.2, 0) is 6.61 Å². The van der Waals surface area contributed by atoms with E-state index in [-0.39, 0.29) is 6.04 Å². The second-order valence-corrected chi connectivity index (χ2v) is 5.53. The van der Waals surface area contributed by atoms with Gasteiger partial charge in [0.05, 0.1) is 0 Å². The van der Waals surface area contributed by atoms with Gasteiger partial charge in [-0.3, -0.25) is 0 Å². The Morgan fingerprint density at radius 3 is 2.43 bits per heavy atom. The fourth-order valence-corrected chi connectivity index (χ4v) is 2.29. The van der Waals surface area contributed by atoms with Gasteiger partial charge in [0.25, 0.3) is 0 Å². The van der Waals surface area contributed by atoms with Crippen LogP contribution in [0.25, 0.3) is 11.5 Å². The first-order valence-electron chi connectivity index (χ1n) is 7.63. The van der Waals surface area contributed by atoms with Crippen LogP contribution < -0.4 is 10.5 Å². The summed E-state index contributed by atoms with van der Waals surface area (Å²) in [7, 11) is 0. The lowest BCUT2D eigenvalue weighted by Crippen LogP contribution is -2.04. The minimum absolute atomic E-state index is 0.0234. The lowest BCUT2D eigenvalue weighted by Gasteiger charge is -2.08. The normalized spacial score (nSPS) is 12.1. The summed E-state index contributed by atoms with van der Waals surface area (Å²) in [5.41, 5.74) is 8.69. The standard InChI is InChI=1S/C19H20N2O2/c1-13(20)15-8-10-17(11-9-15)22-12-18-14(2)23-19(21-18)16-6-4-3-5-7-16/h3-11,13H,12,20H2,1-2H3/t13-/m0/s1. The zero-order chi connectivity index (χ0) is 16.2. The first-order valence-corrected chi connectivity index (χ1v) is 7.63. The van der Waals surface area contributed by atoms with Crippen molar-refractivity contribution in [2.45, 2.75) is 26.5 Å². The number of aryl methyl sites for hydroxylation is 1. The number of ether oxygens (including phenoxy) is 1. The quantitative estimate of drug-likeness (QED) is 0.765. The number of hydrogen-bond donors (Lipinski definition) is 1. The van der Waals surface area contributed by atoms with Gasteiger partial charge in [0.15, 0.2) is 0 Å². The molecule has 2 aromatic carbocycles. The topological polar surface area (TPSA) is 61.3 Å². The molecule has 2 N–H and O–H groups in total. The zero-order valence-electron chi connectivity index (χ0n) is 13.3. The molecule has 0 radical (unpaired) electrons. The summed E-state index contributed by atoms with van der Waals surface area (Å²) < 4.78 is 11.5. The molecule has 0 unspecified atom stereocenters. The first kappa shape index (κ1) is 15.3. The van der Waals surface area contributed by atoms with Gasteiger partial charge in [-0.1, -0.05) is 30.3 Å². The smallest absolute Gasteiger partial charge is 0.226 e. The number of rotatable bonds is 5. The molecular weight excluding hydrogens is 288 g/mol. The van der Waals surface area contributed by atoms with Crippen LogP contribution in [0.4, 0.5) is 0 Å². The SMILES string of the molecule is Cc1oc(-c2ccccc2)nc1COc1ccc([C@H](C)N)cc1. The number of oxazole rings is 1. The average Bonchev–Trinajstić information content (AvgIpc) is 2.95. The van der Waals surface area contributed by atoms with E-state index in [0.29, 0.717) is 12.5 Å². The average molecular weight is 308 g/mol. The van der Waals surface area contributed by atoms with Gasteiger partial charge in [0.1, 0.15) is 23.8 Å². The summed E-state index contributed by atoms with van der Waals surface area (Å²) in [6.45, 7) is 4.23. The van der Waals surface area contributed by atoms with E-state index in [0.717, 1.165) is 28.3 Å². The Kier molecular flexibility index (Phi) is 4.44. The number of hydrogen-bond acceptors (Lipinski definition) is 4. The molecule has 0 amide bonds. The van der Waals surface area contributed by atoms with Crippen molar-refractivity contribution in [1.82, 2.24) is 4.98 Å². The van der Waals surface area contributed by atoms with Crippen LogP contribution in [0.2, 0.25) is 0 Å². The van der Waals surface area contributed by atoms with Crippen molar-refractivity contribution in [3.63, 3.8) is 0 Å². The van der Waals surface area contributed by atoms with Gasteiger partial charge < -0.3 is 14.9 Å². The van der Waals surface area contributed by atoms with Crippen molar-refractivity contribution in [2.24, 2.45) is 5.73 Å². The highest BCUT2D eigenvalue weighted by molar-refractivity contribution is 5.53. The summed E-state index contributed by atoms with van der Waals surface area (Å²) in [6.07, 6.45) is 0. The Balaban J connectivity index is 1.70. The summed E-state index contributed by atoms with van der Waals surface area (Å²) >= 11 is 0. The minimum atomic E-state index is 0.0234. The second-order valence-electron chi connectivity index (χ2n) is 5.53. The van der Waals surface area contributed by atoms with Crippen LogP contribution in [0.1, 0.15) is 30.0 Å². The van der Waals surface area contributed by atoms with E-state index in [9.17, 15) is 0 Å². The molecule has 1 aromatic heterocycles. The van der Waals surface area contributed by atoms with Crippen molar-refractivity contribution >= 4 is 0 Å². The maximum absolute atomic E-state index is 5.84. The third-order valence-corrected chi connectivity index (χ3v) is 3.69. The lowest BCUT2D eigenvalue weighted by molar-refractivity contribution is 0.299. The molecule has 4 nitrogen and oxygen atoms in total. The van der Waals surface area contributed by atoms with E-state index < -0.39 is 0 Å². The van der Waals surface area contributed by atoms with Gasteiger partial charge >= 0.3 is 0 Å². The van der Waals surface area contributed by atoms with Crippen molar-refractivity contribution in [1.29, 1.82) is 0 Å². The van der Waals surface area contributed by atoms with Crippen LogP contribution >= 0.6 is 0 Å². The second kappa shape index (κ2) is 6.67. The Bertz CT molecular complexity index is 762. The van der Waals surface area contributed by atoms with Crippen molar-refractivity contribution in [2.75, 3.05) is 0 Å². The largest absolute Gasteiger partial charge is 0.487 e. The van der Waals surface area contributed by atoms with E-state index in [4.69, 9.17) is 14.9 Å². The molecule has 1 atom stereocenters. The zero-order valence-corrected chi connectivity index (χ0v) is 13.3.